The van der Waals surface area contributed by atoms with E-state index in [9.17, 15) is 24.3 Å². The molecule has 3 aliphatic rings. The number of guanidine groups is 1. The molecule has 0 bridgehead atoms. The number of nitrogens with one attached hydrogen (secondary N) is 3. The van der Waals surface area contributed by atoms with Crippen LogP contribution in [0.1, 0.15) is 33.6 Å². The Morgan fingerprint density at radius 2 is 1.90 bits per heavy atom. The van der Waals surface area contributed by atoms with E-state index in [1.165, 1.54) is 27.7 Å². The number of hydrogen-bond acceptors (Lipinski definition) is 10. The zero-order chi connectivity index (χ0) is 29.8. The van der Waals surface area contributed by atoms with Crippen LogP contribution in [0.2, 0.25) is 0 Å². The van der Waals surface area contributed by atoms with Gasteiger partial charge in [-0.3, -0.25) is 19.8 Å². The number of carbonyl (C=O) groups excluding carboxylic acids is 3. The van der Waals surface area contributed by atoms with Gasteiger partial charge in [0.15, 0.2) is 5.96 Å². The van der Waals surface area contributed by atoms with Gasteiger partial charge in [-0.05, 0) is 30.7 Å². The predicted octanol–water partition coefficient (Wildman–Crippen LogP) is -1.77. The number of carbonyl (C=O) groups is 4. The van der Waals surface area contributed by atoms with Crippen molar-refractivity contribution in [2.45, 2.75) is 63.5 Å². The lowest BCUT2D eigenvalue weighted by Crippen LogP contribution is -2.55. The Labute approximate surface area is 241 Å². The van der Waals surface area contributed by atoms with E-state index >= 15 is 0 Å². The van der Waals surface area contributed by atoms with Crippen molar-refractivity contribution in [1.82, 2.24) is 45.5 Å². The molecule has 224 valence electrons. The van der Waals surface area contributed by atoms with Gasteiger partial charge in [-0.15, -0.1) is 16.9 Å². The van der Waals surface area contributed by atoms with Gasteiger partial charge >= 0.3 is 5.97 Å². The molecule has 0 radical (unpaired) electrons. The number of carboxylic acids is 1. The minimum atomic E-state index is -1.19. The highest BCUT2D eigenvalue weighted by Crippen LogP contribution is 2.44. The van der Waals surface area contributed by atoms with Gasteiger partial charge in [0.25, 0.3) is 0 Å². The van der Waals surface area contributed by atoms with Crippen molar-refractivity contribution in [3.05, 3.63) is 16.9 Å². The fourth-order valence-corrected chi connectivity index (χ4v) is 6.92. The van der Waals surface area contributed by atoms with Crippen molar-refractivity contribution in [2.75, 3.05) is 32.7 Å². The maximum atomic E-state index is 13.3. The van der Waals surface area contributed by atoms with E-state index in [2.05, 4.69) is 26.2 Å². The molecule has 4 rings (SSSR count). The zero-order valence-corrected chi connectivity index (χ0v) is 24.1. The number of nitrogens with zero attached hydrogens (tertiary/aromatic N) is 7. The molecule has 1 aromatic rings. The number of thioether (sulfide) groups is 1. The zero-order valence-electron chi connectivity index (χ0n) is 23.3. The highest BCUT2D eigenvalue weighted by atomic mass is 32.2. The Morgan fingerprint density at radius 3 is 2.51 bits per heavy atom. The minimum Gasteiger partial charge on any atom is -0.477 e. The Balaban J connectivity index is 1.37. The van der Waals surface area contributed by atoms with Gasteiger partial charge < -0.3 is 36.2 Å². The molecule has 41 heavy (non-hydrogen) atoms. The number of nitrogens with two attached hydrogens (primary N) is 1. The van der Waals surface area contributed by atoms with Gasteiger partial charge in [-0.25, -0.2) is 9.48 Å². The first-order valence-electron chi connectivity index (χ1n) is 13.5. The first kappa shape index (κ1) is 30.2. The van der Waals surface area contributed by atoms with Crippen molar-refractivity contribution in [3.63, 3.8) is 0 Å². The lowest BCUT2D eigenvalue weighted by Gasteiger charge is -2.36. The van der Waals surface area contributed by atoms with E-state index in [0.29, 0.717) is 44.0 Å². The molecule has 2 saturated heterocycles. The lowest BCUT2D eigenvalue weighted by molar-refractivity contribution is -0.140. The minimum absolute atomic E-state index is 0.00244. The van der Waals surface area contributed by atoms with Gasteiger partial charge in [-0.2, -0.15) is 0 Å². The van der Waals surface area contributed by atoms with Crippen LogP contribution in [0.15, 0.2) is 16.9 Å². The third-order valence-corrected chi connectivity index (χ3v) is 9.20. The Kier molecular flexibility index (Phi) is 9.47. The number of aromatic nitrogens is 4. The second-order valence-electron chi connectivity index (χ2n) is 10.6. The van der Waals surface area contributed by atoms with Crippen LogP contribution >= 0.6 is 11.8 Å². The van der Waals surface area contributed by atoms with Crippen LogP contribution in [0, 0.1) is 11.3 Å². The molecule has 0 saturated carbocycles. The fourth-order valence-electron chi connectivity index (χ4n) is 5.38. The van der Waals surface area contributed by atoms with Gasteiger partial charge in [0.1, 0.15) is 18.6 Å². The number of hydrogen-bond donors (Lipinski definition) is 5. The first-order valence-corrected chi connectivity index (χ1v) is 14.4. The third-order valence-electron chi connectivity index (χ3n) is 7.69. The quantitative estimate of drug-likeness (QED) is 0.159. The van der Waals surface area contributed by atoms with Crippen LogP contribution in [0.5, 0.6) is 0 Å². The fraction of sp³-hybridized carbons (Fsp3) is 0.667. The van der Waals surface area contributed by atoms with E-state index in [4.69, 9.17) is 11.1 Å². The Bertz CT molecular complexity index is 1200. The van der Waals surface area contributed by atoms with E-state index in [-0.39, 0.29) is 59.7 Å². The Morgan fingerprint density at radius 1 is 1.22 bits per heavy atom. The number of rotatable bonds is 9. The largest absolute Gasteiger partial charge is 0.477 e. The topological polar surface area (TPSA) is 216 Å². The summed E-state index contributed by atoms with van der Waals surface area (Å²) in [5.74, 6) is -2.17. The van der Waals surface area contributed by atoms with Gasteiger partial charge in [0.2, 0.25) is 17.7 Å². The van der Waals surface area contributed by atoms with Crippen molar-refractivity contribution in [2.24, 2.45) is 11.7 Å². The molecule has 3 aliphatic heterocycles. The third kappa shape index (κ3) is 6.95. The monoisotopic (exact) mass is 591 g/mol. The normalized spacial score (nSPS) is 25.4. The van der Waals surface area contributed by atoms with Crippen LogP contribution in [0.4, 0.5) is 0 Å². The number of tetrazole rings is 1. The first-order chi connectivity index (χ1) is 19.5. The van der Waals surface area contributed by atoms with E-state index in [0.717, 1.165) is 0 Å². The smallest absolute Gasteiger partial charge is 0.353 e. The van der Waals surface area contributed by atoms with E-state index < -0.39 is 17.9 Å². The summed E-state index contributed by atoms with van der Waals surface area (Å²) in [6, 6.07) is -1.30. The second-order valence-corrected chi connectivity index (χ2v) is 12.0. The average Bonchev–Trinajstić information content (AvgIpc) is 3.65. The average molecular weight is 592 g/mol. The number of aliphatic carboxylic acids is 1. The van der Waals surface area contributed by atoms with Crippen LogP contribution in [-0.2, 0) is 25.7 Å². The summed E-state index contributed by atoms with van der Waals surface area (Å²) in [6.07, 6.45) is 1.76. The molecule has 2 fully saturated rings. The number of amides is 3. The SMILES string of the molecule is C[C@H](CC(=O)N1C(C(=O)O)=C(S[C@@H]2CN[C@H](C(=O)N3CCN(C(=N)N)CC3)C2)[C@H](C)[C@@H]1C)NC(=O)Cn1cnnn1. The lowest BCUT2D eigenvalue weighted by atomic mass is 10.1. The maximum Gasteiger partial charge on any atom is 0.353 e. The van der Waals surface area contributed by atoms with Gasteiger partial charge in [0.05, 0.1) is 6.04 Å². The highest BCUT2D eigenvalue weighted by molar-refractivity contribution is 8.03. The predicted molar refractivity (Wildman–Crippen MR) is 148 cm³/mol. The van der Waals surface area contributed by atoms with Crippen molar-refractivity contribution in [3.8, 4) is 0 Å². The second kappa shape index (κ2) is 12.8. The van der Waals surface area contributed by atoms with Crippen LogP contribution < -0.4 is 16.4 Å². The van der Waals surface area contributed by atoms with E-state index in [1.807, 2.05) is 13.8 Å². The molecule has 1 aromatic heterocycles. The summed E-state index contributed by atoms with van der Waals surface area (Å²) in [7, 11) is 0. The number of carboxylic acid groups (broad SMARTS) is 1. The van der Waals surface area contributed by atoms with Crippen LogP contribution in [0.25, 0.3) is 0 Å². The molecule has 17 heteroatoms. The van der Waals surface area contributed by atoms with E-state index in [1.54, 1.807) is 16.7 Å². The summed E-state index contributed by atoms with van der Waals surface area (Å²) in [6.45, 7) is 7.85. The molecule has 0 unspecified atom stereocenters. The van der Waals surface area contributed by atoms with Crippen molar-refractivity contribution >= 4 is 41.4 Å². The molecule has 0 spiro atoms. The van der Waals surface area contributed by atoms with Gasteiger partial charge in [0, 0.05) is 67.3 Å². The molecular weight excluding hydrogens is 554 g/mol. The summed E-state index contributed by atoms with van der Waals surface area (Å²) in [5.41, 5.74) is 5.51. The molecule has 4 heterocycles. The van der Waals surface area contributed by atoms with Crippen molar-refractivity contribution in [1.29, 1.82) is 5.41 Å². The molecule has 0 aliphatic carbocycles. The molecular formula is C24H37N11O5S. The Hall–Kier alpha value is -3.73. The molecule has 6 N–H and O–H groups in total. The maximum absolute atomic E-state index is 13.3. The molecule has 5 atom stereocenters. The summed E-state index contributed by atoms with van der Waals surface area (Å²) >= 11 is 1.42. The summed E-state index contributed by atoms with van der Waals surface area (Å²) in [4.78, 5) is 56.6. The van der Waals surface area contributed by atoms with Gasteiger partial charge in [-0.1, -0.05) is 6.92 Å². The highest BCUT2D eigenvalue weighted by Gasteiger charge is 2.44. The molecule has 16 nitrogen and oxygen atoms in total. The summed E-state index contributed by atoms with van der Waals surface area (Å²) < 4.78 is 1.26. The summed E-state index contributed by atoms with van der Waals surface area (Å²) in [5, 5.41) is 34.3. The van der Waals surface area contributed by atoms with Crippen molar-refractivity contribution < 1.29 is 24.3 Å². The molecule has 0 aromatic carbocycles. The van der Waals surface area contributed by atoms with Crippen LogP contribution in [-0.4, -0.2) is 126 Å². The standard InChI is InChI=1S/C24H37N11O5S/c1-13(29-18(36)11-34-12-28-30-31-34)8-19(37)35-15(3)14(2)21(20(35)23(39)40)41-16-9-17(27-10-16)22(38)32-4-6-33(7-5-32)24(25)26/h12-17,27H,4-11H2,1-3H3,(H3,25,26)(H,29,36)(H,39,40)/t13-,14-,15+,16+,17+/m1/s1. The van der Waals surface area contributed by atoms with Crippen LogP contribution in [0.3, 0.4) is 0 Å². The molecule has 3 amide bonds. The number of piperazine rings is 1.